The topological polar surface area (TPSA) is 88.9 Å². The van der Waals surface area contributed by atoms with E-state index in [1.807, 2.05) is 6.92 Å². The maximum Gasteiger partial charge on any atom is 0.433 e. The SMILES string of the molecule is Cc1ccn(CCNC(=O)C(=O)Nc2ccc(C(F)(F)F)nc2)n1. The third-order valence-electron chi connectivity index (χ3n) is 2.92. The Labute approximate surface area is 134 Å². The molecule has 0 atom stereocenters. The van der Waals surface area contributed by atoms with E-state index < -0.39 is 23.7 Å². The molecule has 0 radical (unpaired) electrons. The van der Waals surface area contributed by atoms with Gasteiger partial charge in [-0.1, -0.05) is 0 Å². The van der Waals surface area contributed by atoms with Crippen LogP contribution in [0, 0.1) is 6.92 Å². The van der Waals surface area contributed by atoms with Crippen LogP contribution >= 0.6 is 0 Å². The Kier molecular flexibility index (Phi) is 5.17. The molecule has 2 aromatic rings. The van der Waals surface area contributed by atoms with Crippen LogP contribution in [0.4, 0.5) is 18.9 Å². The molecule has 2 aromatic heterocycles. The van der Waals surface area contributed by atoms with Gasteiger partial charge in [-0.25, -0.2) is 4.98 Å². The van der Waals surface area contributed by atoms with Gasteiger partial charge in [0.1, 0.15) is 5.69 Å². The lowest BCUT2D eigenvalue weighted by Crippen LogP contribution is -2.37. The van der Waals surface area contributed by atoms with E-state index in [0.29, 0.717) is 12.6 Å². The number of pyridine rings is 1. The highest BCUT2D eigenvalue weighted by atomic mass is 19.4. The fourth-order valence-corrected chi connectivity index (χ4v) is 1.78. The summed E-state index contributed by atoms with van der Waals surface area (Å²) in [6.07, 6.45) is -2.00. The van der Waals surface area contributed by atoms with Gasteiger partial charge in [0, 0.05) is 12.7 Å². The average molecular weight is 341 g/mol. The summed E-state index contributed by atoms with van der Waals surface area (Å²) < 4.78 is 38.7. The van der Waals surface area contributed by atoms with Crippen molar-refractivity contribution in [2.24, 2.45) is 0 Å². The predicted octanol–water partition coefficient (Wildman–Crippen LogP) is 1.36. The zero-order chi connectivity index (χ0) is 17.7. The predicted molar refractivity (Wildman–Crippen MR) is 77.8 cm³/mol. The van der Waals surface area contributed by atoms with Crippen molar-refractivity contribution in [3.63, 3.8) is 0 Å². The molecule has 0 unspecified atom stereocenters. The molecule has 0 aliphatic heterocycles. The van der Waals surface area contributed by atoms with Crippen molar-refractivity contribution >= 4 is 17.5 Å². The summed E-state index contributed by atoms with van der Waals surface area (Å²) >= 11 is 0. The van der Waals surface area contributed by atoms with E-state index >= 15 is 0 Å². The van der Waals surface area contributed by atoms with Crippen molar-refractivity contribution < 1.29 is 22.8 Å². The smallest absolute Gasteiger partial charge is 0.346 e. The van der Waals surface area contributed by atoms with E-state index in [9.17, 15) is 22.8 Å². The Bertz CT molecular complexity index is 725. The molecule has 128 valence electrons. The molecule has 0 aliphatic carbocycles. The number of alkyl halides is 3. The lowest BCUT2D eigenvalue weighted by molar-refractivity contribution is -0.141. The van der Waals surface area contributed by atoms with E-state index in [0.717, 1.165) is 18.0 Å². The number of carbonyl (C=O) groups excluding carboxylic acids is 2. The van der Waals surface area contributed by atoms with Crippen molar-refractivity contribution in [1.82, 2.24) is 20.1 Å². The number of aromatic nitrogens is 3. The second-order valence-corrected chi connectivity index (χ2v) is 4.86. The highest BCUT2D eigenvalue weighted by molar-refractivity contribution is 6.39. The molecule has 10 heteroatoms. The first-order valence-electron chi connectivity index (χ1n) is 6.88. The Balaban J connectivity index is 1.81. The van der Waals surface area contributed by atoms with Crippen LogP contribution in [0.3, 0.4) is 0 Å². The summed E-state index contributed by atoms with van der Waals surface area (Å²) in [5, 5.41) is 8.67. The van der Waals surface area contributed by atoms with Crippen molar-refractivity contribution in [3.8, 4) is 0 Å². The summed E-state index contributed by atoms with van der Waals surface area (Å²) in [6.45, 7) is 2.38. The molecule has 2 amide bonds. The van der Waals surface area contributed by atoms with Crippen molar-refractivity contribution in [2.45, 2.75) is 19.6 Å². The third-order valence-corrected chi connectivity index (χ3v) is 2.92. The molecule has 24 heavy (non-hydrogen) atoms. The standard InChI is InChI=1S/C14H14F3N5O2/c1-9-4-6-22(21-9)7-5-18-12(23)13(24)20-10-2-3-11(19-8-10)14(15,16)17/h2-4,6,8H,5,7H2,1H3,(H,18,23)(H,20,24). The minimum atomic E-state index is -4.56. The van der Waals surface area contributed by atoms with Gasteiger partial charge in [-0.15, -0.1) is 0 Å². The molecular weight excluding hydrogens is 327 g/mol. The Morgan fingerprint density at radius 1 is 1.21 bits per heavy atom. The molecule has 0 saturated carbocycles. The molecule has 2 N–H and O–H groups in total. The summed E-state index contributed by atoms with van der Waals surface area (Å²) in [6, 6.07) is 3.53. The first-order valence-corrected chi connectivity index (χ1v) is 6.88. The van der Waals surface area contributed by atoms with Gasteiger partial charge >= 0.3 is 18.0 Å². The number of carbonyl (C=O) groups is 2. The first kappa shape index (κ1) is 17.4. The Morgan fingerprint density at radius 2 is 1.96 bits per heavy atom. The van der Waals surface area contributed by atoms with E-state index in [-0.39, 0.29) is 12.2 Å². The second-order valence-electron chi connectivity index (χ2n) is 4.86. The lowest BCUT2D eigenvalue weighted by atomic mass is 10.3. The molecular formula is C14H14F3N5O2. The van der Waals surface area contributed by atoms with E-state index in [1.54, 1.807) is 16.9 Å². The van der Waals surface area contributed by atoms with Crippen LogP contribution in [0.15, 0.2) is 30.6 Å². The molecule has 0 bridgehead atoms. The van der Waals surface area contributed by atoms with Crippen LogP contribution in [0.5, 0.6) is 0 Å². The number of hydrogen-bond acceptors (Lipinski definition) is 4. The van der Waals surface area contributed by atoms with Gasteiger partial charge in [-0.2, -0.15) is 18.3 Å². The maximum atomic E-state index is 12.4. The van der Waals surface area contributed by atoms with Crippen LogP contribution in [0.25, 0.3) is 0 Å². The zero-order valence-corrected chi connectivity index (χ0v) is 12.6. The quantitative estimate of drug-likeness (QED) is 0.822. The second kappa shape index (κ2) is 7.11. The molecule has 0 fully saturated rings. The van der Waals surface area contributed by atoms with Crippen molar-refractivity contribution in [3.05, 3.63) is 42.0 Å². The molecule has 0 spiro atoms. The number of nitrogens with one attached hydrogen (secondary N) is 2. The van der Waals surface area contributed by atoms with Crippen LogP contribution < -0.4 is 10.6 Å². The number of halogens is 3. The van der Waals surface area contributed by atoms with Crippen LogP contribution in [-0.4, -0.2) is 33.1 Å². The minimum Gasteiger partial charge on any atom is -0.346 e. The summed E-state index contributed by atoms with van der Waals surface area (Å²) in [4.78, 5) is 26.4. The Hall–Kier alpha value is -2.91. The van der Waals surface area contributed by atoms with Gasteiger partial charge < -0.3 is 10.6 Å². The summed E-state index contributed by atoms with van der Waals surface area (Å²) in [7, 11) is 0. The molecule has 2 heterocycles. The maximum absolute atomic E-state index is 12.4. The van der Waals surface area contributed by atoms with E-state index in [4.69, 9.17) is 0 Å². The monoisotopic (exact) mass is 341 g/mol. The fraction of sp³-hybridized carbons (Fsp3) is 0.286. The highest BCUT2D eigenvalue weighted by Gasteiger charge is 2.32. The molecule has 2 rings (SSSR count). The zero-order valence-electron chi connectivity index (χ0n) is 12.6. The first-order chi connectivity index (χ1) is 11.3. The largest absolute Gasteiger partial charge is 0.433 e. The van der Waals surface area contributed by atoms with Crippen molar-refractivity contribution in [1.29, 1.82) is 0 Å². The van der Waals surface area contributed by atoms with Crippen LogP contribution in [0.1, 0.15) is 11.4 Å². The normalized spacial score (nSPS) is 11.2. The molecule has 7 nitrogen and oxygen atoms in total. The minimum absolute atomic E-state index is 0.00847. The number of nitrogens with zero attached hydrogens (tertiary/aromatic N) is 3. The Morgan fingerprint density at radius 3 is 2.50 bits per heavy atom. The molecule has 0 saturated heterocycles. The number of aryl methyl sites for hydroxylation is 1. The fourth-order valence-electron chi connectivity index (χ4n) is 1.78. The van der Waals surface area contributed by atoms with Crippen LogP contribution in [0.2, 0.25) is 0 Å². The number of rotatable bonds is 4. The van der Waals surface area contributed by atoms with Crippen molar-refractivity contribution in [2.75, 3.05) is 11.9 Å². The number of amides is 2. The summed E-state index contributed by atoms with van der Waals surface area (Å²) in [5.41, 5.74) is -0.265. The van der Waals surface area contributed by atoms with Gasteiger partial charge in [-0.05, 0) is 25.1 Å². The average Bonchev–Trinajstić information content (AvgIpc) is 2.92. The van der Waals surface area contributed by atoms with Crippen LogP contribution in [-0.2, 0) is 22.3 Å². The number of hydrogen-bond donors (Lipinski definition) is 2. The van der Waals surface area contributed by atoms with Gasteiger partial charge in [0.15, 0.2) is 0 Å². The van der Waals surface area contributed by atoms with Gasteiger partial charge in [0.05, 0.1) is 24.1 Å². The van der Waals surface area contributed by atoms with Gasteiger partial charge in [0.2, 0.25) is 0 Å². The molecule has 0 aromatic carbocycles. The van der Waals surface area contributed by atoms with Gasteiger partial charge in [-0.3, -0.25) is 14.3 Å². The highest BCUT2D eigenvalue weighted by Crippen LogP contribution is 2.27. The third kappa shape index (κ3) is 4.80. The van der Waals surface area contributed by atoms with E-state index in [1.165, 1.54) is 0 Å². The summed E-state index contributed by atoms with van der Waals surface area (Å²) in [5.74, 6) is -1.90. The van der Waals surface area contributed by atoms with E-state index in [2.05, 4.69) is 20.7 Å². The van der Waals surface area contributed by atoms with Gasteiger partial charge in [0.25, 0.3) is 0 Å². The number of anilines is 1. The molecule has 0 aliphatic rings. The lowest BCUT2D eigenvalue weighted by Gasteiger charge is -2.08.